The lowest BCUT2D eigenvalue weighted by Crippen LogP contribution is -2.50. The molecule has 0 saturated carbocycles. The number of aromatic nitrogens is 3. The van der Waals surface area contributed by atoms with Crippen LogP contribution in [0, 0.1) is 5.82 Å². The number of benzene rings is 2. The number of halogens is 4. The highest BCUT2D eigenvalue weighted by atomic mass is 32.1. The molecule has 1 fully saturated rings. The van der Waals surface area contributed by atoms with Crippen LogP contribution in [0.1, 0.15) is 16.7 Å². The average molecular weight is 512 g/mol. The highest BCUT2D eigenvalue weighted by Gasteiger charge is 2.35. The lowest BCUT2D eigenvalue weighted by atomic mass is 10.1. The van der Waals surface area contributed by atoms with Crippen molar-refractivity contribution in [3.63, 3.8) is 0 Å². The van der Waals surface area contributed by atoms with E-state index in [4.69, 9.17) is 0 Å². The lowest BCUT2D eigenvalue weighted by Gasteiger charge is -2.28. The number of piperazine rings is 1. The Labute approximate surface area is 205 Å². The van der Waals surface area contributed by atoms with Crippen LogP contribution in [0.3, 0.4) is 0 Å². The van der Waals surface area contributed by atoms with Gasteiger partial charge < -0.3 is 10.2 Å². The Hall–Kier alpha value is -3.12. The van der Waals surface area contributed by atoms with Gasteiger partial charge in [0.25, 0.3) is 5.56 Å². The summed E-state index contributed by atoms with van der Waals surface area (Å²) in [5.74, 6) is -1.15. The number of aryl methyl sites for hydroxylation is 1. The van der Waals surface area contributed by atoms with E-state index in [2.05, 4.69) is 10.4 Å². The number of hydrogen-bond acceptors (Lipinski definition) is 5. The minimum absolute atomic E-state index is 0. The van der Waals surface area contributed by atoms with E-state index in [1.54, 1.807) is 4.90 Å². The summed E-state index contributed by atoms with van der Waals surface area (Å²) in [5.41, 5.74) is -2.52. The monoisotopic (exact) mass is 511 g/mol. The van der Waals surface area contributed by atoms with Gasteiger partial charge in [0, 0.05) is 38.3 Å². The van der Waals surface area contributed by atoms with Gasteiger partial charge in [-0.05, 0) is 24.1 Å². The molecule has 1 N–H and O–H groups in total. The van der Waals surface area contributed by atoms with E-state index in [0.29, 0.717) is 32.6 Å². The molecule has 188 valence electrons. The van der Waals surface area contributed by atoms with Gasteiger partial charge in [0.05, 0.1) is 12.1 Å². The summed E-state index contributed by atoms with van der Waals surface area (Å²) in [6.45, 7) is 1.28. The molecule has 0 aliphatic carbocycles. The molecule has 1 aliphatic rings. The van der Waals surface area contributed by atoms with Crippen LogP contribution in [-0.2, 0) is 25.7 Å². The predicted molar refractivity (Wildman–Crippen MR) is 129 cm³/mol. The summed E-state index contributed by atoms with van der Waals surface area (Å²) >= 11 is 0. The Morgan fingerprint density at radius 2 is 1.66 bits per heavy atom. The second kappa shape index (κ2) is 11.1. The lowest BCUT2D eigenvalue weighted by molar-refractivity contribution is -0.138. The van der Waals surface area contributed by atoms with Gasteiger partial charge in [0.2, 0.25) is 5.82 Å². The van der Waals surface area contributed by atoms with Crippen molar-refractivity contribution in [2.45, 2.75) is 25.7 Å². The fourth-order valence-corrected chi connectivity index (χ4v) is 3.94. The molecular formula is C23H25F4N5O2S. The van der Waals surface area contributed by atoms with Crippen molar-refractivity contribution in [1.82, 2.24) is 19.7 Å². The van der Waals surface area contributed by atoms with Crippen molar-refractivity contribution in [2.24, 2.45) is 0 Å². The third-order valence-electron chi connectivity index (χ3n) is 5.72. The highest BCUT2D eigenvalue weighted by Crippen LogP contribution is 2.33. The van der Waals surface area contributed by atoms with Crippen molar-refractivity contribution in [3.8, 4) is 0 Å². The van der Waals surface area contributed by atoms with Gasteiger partial charge in [-0.25, -0.2) is 13.9 Å². The summed E-state index contributed by atoms with van der Waals surface area (Å²) in [6, 6.07) is 11.8. The molecule has 0 spiro atoms. The first-order valence-corrected chi connectivity index (χ1v) is 10.8. The maximum atomic E-state index is 14.5. The van der Waals surface area contributed by atoms with E-state index in [-0.39, 0.29) is 25.9 Å². The summed E-state index contributed by atoms with van der Waals surface area (Å²) in [7, 11) is 0. The van der Waals surface area contributed by atoms with Crippen LogP contribution in [0.15, 0.2) is 58.1 Å². The second-order valence-corrected chi connectivity index (χ2v) is 7.96. The molecule has 0 bridgehead atoms. The average Bonchev–Trinajstić information content (AvgIpc) is 2.82. The van der Waals surface area contributed by atoms with Gasteiger partial charge in [0.15, 0.2) is 0 Å². The van der Waals surface area contributed by atoms with Gasteiger partial charge in [-0.1, -0.05) is 36.4 Å². The summed E-state index contributed by atoms with van der Waals surface area (Å²) in [4.78, 5) is 28.0. The van der Waals surface area contributed by atoms with Crippen LogP contribution in [-0.4, -0.2) is 40.5 Å². The SMILES string of the molecule is O=c1c(N2CCNCC2)nn(Cc2c(F)cccc2C(F)(F)F)c(=O)n1CCc1ccccc1.S. The van der Waals surface area contributed by atoms with Crippen molar-refractivity contribution >= 4 is 19.3 Å². The minimum Gasteiger partial charge on any atom is -0.348 e. The van der Waals surface area contributed by atoms with E-state index < -0.39 is 40.9 Å². The first-order valence-electron chi connectivity index (χ1n) is 10.8. The van der Waals surface area contributed by atoms with E-state index in [0.717, 1.165) is 33.0 Å². The standard InChI is InChI=1S/C23H23F4N5O2.H2S/c24-19-8-4-7-18(23(25,26)27)17(19)15-32-22(34)31(12-9-16-5-2-1-3-6-16)21(33)20(29-32)30-13-10-28-11-14-30;/h1-8,28H,9-15H2;1H2. The van der Waals surface area contributed by atoms with Crippen LogP contribution in [0.5, 0.6) is 0 Å². The molecular weight excluding hydrogens is 486 g/mol. The van der Waals surface area contributed by atoms with Crippen molar-refractivity contribution in [1.29, 1.82) is 0 Å². The highest BCUT2D eigenvalue weighted by molar-refractivity contribution is 7.59. The van der Waals surface area contributed by atoms with Gasteiger partial charge in [0.1, 0.15) is 5.82 Å². The number of alkyl halides is 3. The van der Waals surface area contributed by atoms with Crippen molar-refractivity contribution in [3.05, 3.63) is 91.9 Å². The fourth-order valence-electron chi connectivity index (χ4n) is 3.94. The van der Waals surface area contributed by atoms with E-state index in [1.165, 1.54) is 0 Å². The largest absolute Gasteiger partial charge is 0.416 e. The number of rotatable bonds is 6. The summed E-state index contributed by atoms with van der Waals surface area (Å²) in [5, 5.41) is 7.25. The predicted octanol–water partition coefficient (Wildman–Crippen LogP) is 2.38. The van der Waals surface area contributed by atoms with Crippen LogP contribution in [0.2, 0.25) is 0 Å². The molecule has 35 heavy (non-hydrogen) atoms. The first-order chi connectivity index (χ1) is 16.3. The maximum absolute atomic E-state index is 14.5. The number of anilines is 1. The Balaban J connectivity index is 0.00000342. The van der Waals surface area contributed by atoms with Gasteiger partial charge in [-0.2, -0.15) is 26.7 Å². The Morgan fingerprint density at radius 3 is 2.31 bits per heavy atom. The maximum Gasteiger partial charge on any atom is 0.416 e. The van der Waals surface area contributed by atoms with Gasteiger partial charge in [-0.3, -0.25) is 9.36 Å². The Kier molecular flexibility index (Phi) is 8.39. The molecule has 3 aromatic rings. The number of nitrogens with one attached hydrogen (secondary N) is 1. The van der Waals surface area contributed by atoms with Gasteiger partial charge in [-0.15, -0.1) is 5.10 Å². The zero-order valence-corrected chi connectivity index (χ0v) is 19.7. The van der Waals surface area contributed by atoms with E-state index >= 15 is 0 Å². The summed E-state index contributed by atoms with van der Waals surface area (Å²) in [6.07, 6.45) is -4.46. The minimum atomic E-state index is -4.82. The normalized spacial score (nSPS) is 14.0. The molecule has 0 atom stereocenters. The molecule has 1 aliphatic heterocycles. The molecule has 12 heteroatoms. The number of hydrogen-bond donors (Lipinski definition) is 1. The zero-order valence-electron chi connectivity index (χ0n) is 18.7. The molecule has 0 unspecified atom stereocenters. The molecule has 1 aromatic heterocycles. The third-order valence-corrected chi connectivity index (χ3v) is 5.72. The molecule has 0 amide bonds. The van der Waals surface area contributed by atoms with E-state index in [1.807, 2.05) is 30.3 Å². The molecule has 7 nitrogen and oxygen atoms in total. The van der Waals surface area contributed by atoms with Gasteiger partial charge >= 0.3 is 11.9 Å². The topological polar surface area (TPSA) is 72.2 Å². The fraction of sp³-hybridized carbons (Fsp3) is 0.348. The van der Waals surface area contributed by atoms with Crippen molar-refractivity contribution in [2.75, 3.05) is 31.1 Å². The zero-order chi connectivity index (χ0) is 24.3. The molecule has 0 radical (unpaired) electrons. The second-order valence-electron chi connectivity index (χ2n) is 7.96. The van der Waals surface area contributed by atoms with Crippen LogP contribution in [0.25, 0.3) is 0 Å². The molecule has 1 saturated heterocycles. The van der Waals surface area contributed by atoms with Crippen LogP contribution in [0.4, 0.5) is 23.4 Å². The number of nitrogens with zero attached hydrogens (tertiary/aromatic N) is 4. The molecule has 2 aromatic carbocycles. The first kappa shape index (κ1) is 26.5. The van der Waals surface area contributed by atoms with Crippen LogP contribution >= 0.6 is 13.5 Å². The third kappa shape index (κ3) is 5.93. The Morgan fingerprint density at radius 1 is 0.971 bits per heavy atom. The quantitative estimate of drug-likeness (QED) is 0.515. The van der Waals surface area contributed by atoms with Crippen LogP contribution < -0.4 is 21.5 Å². The molecule has 2 heterocycles. The van der Waals surface area contributed by atoms with Crippen molar-refractivity contribution < 1.29 is 17.6 Å². The smallest absolute Gasteiger partial charge is 0.348 e. The summed E-state index contributed by atoms with van der Waals surface area (Å²) < 4.78 is 56.7. The Bertz CT molecular complexity index is 1270. The molecule has 4 rings (SSSR count). The van der Waals surface area contributed by atoms with E-state index in [9.17, 15) is 27.2 Å².